The van der Waals surface area contributed by atoms with E-state index in [1.807, 2.05) is 12.1 Å². The minimum atomic E-state index is -0.164. The van der Waals surface area contributed by atoms with E-state index in [0.717, 1.165) is 19.5 Å². The SMILES string of the molecule is O=C([C@@H](CC1CCCCC1)N(Cc1ccccc1)Cc1ccccc1)n1ccnc1. The highest BCUT2D eigenvalue weighted by Crippen LogP contribution is 2.30. The summed E-state index contributed by atoms with van der Waals surface area (Å²) >= 11 is 0. The summed E-state index contributed by atoms with van der Waals surface area (Å²) in [5.41, 5.74) is 2.47. The van der Waals surface area contributed by atoms with Crippen LogP contribution in [0.4, 0.5) is 0 Å². The van der Waals surface area contributed by atoms with Gasteiger partial charge in [-0.15, -0.1) is 0 Å². The third kappa shape index (κ3) is 5.45. The number of hydrogen-bond donors (Lipinski definition) is 0. The monoisotopic (exact) mass is 401 g/mol. The second-order valence-corrected chi connectivity index (χ2v) is 8.44. The highest BCUT2D eigenvalue weighted by atomic mass is 16.2. The highest BCUT2D eigenvalue weighted by molar-refractivity contribution is 5.84. The van der Waals surface area contributed by atoms with Crippen molar-refractivity contribution in [3.63, 3.8) is 0 Å². The zero-order valence-electron chi connectivity index (χ0n) is 17.6. The zero-order chi connectivity index (χ0) is 20.6. The van der Waals surface area contributed by atoms with Crippen LogP contribution in [0.5, 0.6) is 0 Å². The van der Waals surface area contributed by atoms with Gasteiger partial charge in [0.25, 0.3) is 0 Å². The van der Waals surface area contributed by atoms with Crippen LogP contribution in [0.2, 0.25) is 0 Å². The van der Waals surface area contributed by atoms with Gasteiger partial charge >= 0.3 is 0 Å². The van der Waals surface area contributed by atoms with Crippen molar-refractivity contribution in [3.05, 3.63) is 90.5 Å². The molecule has 1 aliphatic carbocycles. The molecule has 1 aliphatic rings. The van der Waals surface area contributed by atoms with Crippen LogP contribution in [0.1, 0.15) is 54.4 Å². The fourth-order valence-corrected chi connectivity index (χ4v) is 4.62. The van der Waals surface area contributed by atoms with Gasteiger partial charge in [-0.25, -0.2) is 4.98 Å². The van der Waals surface area contributed by atoms with Gasteiger partial charge in [0.2, 0.25) is 5.91 Å². The molecule has 30 heavy (non-hydrogen) atoms. The first-order valence-electron chi connectivity index (χ1n) is 11.1. The van der Waals surface area contributed by atoms with Crippen LogP contribution < -0.4 is 0 Å². The van der Waals surface area contributed by atoms with Crippen molar-refractivity contribution >= 4 is 5.91 Å². The molecule has 0 aliphatic heterocycles. The van der Waals surface area contributed by atoms with E-state index in [1.165, 1.54) is 43.2 Å². The van der Waals surface area contributed by atoms with Gasteiger partial charge < -0.3 is 0 Å². The number of benzene rings is 2. The van der Waals surface area contributed by atoms with Crippen LogP contribution in [0.3, 0.4) is 0 Å². The third-order valence-corrected chi connectivity index (χ3v) is 6.22. The van der Waals surface area contributed by atoms with Gasteiger partial charge in [-0.2, -0.15) is 0 Å². The van der Waals surface area contributed by atoms with Crippen molar-refractivity contribution in [3.8, 4) is 0 Å². The predicted octanol–water partition coefficient (Wildman–Crippen LogP) is 5.56. The summed E-state index contributed by atoms with van der Waals surface area (Å²) in [6.07, 6.45) is 12.4. The molecule has 156 valence electrons. The Morgan fingerprint density at radius 2 is 1.53 bits per heavy atom. The molecular weight excluding hydrogens is 370 g/mol. The quantitative estimate of drug-likeness (QED) is 0.496. The predicted molar refractivity (Wildman–Crippen MR) is 120 cm³/mol. The molecule has 2 aromatic carbocycles. The first-order valence-corrected chi connectivity index (χ1v) is 11.1. The van der Waals surface area contributed by atoms with Crippen LogP contribution in [0, 0.1) is 5.92 Å². The molecule has 0 spiro atoms. The lowest BCUT2D eigenvalue weighted by molar-refractivity contribution is 0.0643. The summed E-state index contributed by atoms with van der Waals surface area (Å²) in [6.45, 7) is 1.51. The molecule has 1 aromatic heterocycles. The topological polar surface area (TPSA) is 38.1 Å². The Labute approximate surface area is 179 Å². The van der Waals surface area contributed by atoms with E-state index < -0.39 is 0 Å². The molecule has 3 aromatic rings. The zero-order valence-corrected chi connectivity index (χ0v) is 17.6. The summed E-state index contributed by atoms with van der Waals surface area (Å²) in [5, 5.41) is 0. The fraction of sp³-hybridized carbons (Fsp3) is 0.385. The average molecular weight is 402 g/mol. The maximum atomic E-state index is 13.6. The Kier molecular flexibility index (Phi) is 7.09. The number of carbonyl (C=O) groups excluding carboxylic acids is 1. The van der Waals surface area contributed by atoms with Gasteiger partial charge in [0, 0.05) is 25.5 Å². The maximum Gasteiger partial charge on any atom is 0.249 e. The van der Waals surface area contributed by atoms with Gasteiger partial charge in [0.05, 0.1) is 6.04 Å². The Hall–Kier alpha value is -2.72. The van der Waals surface area contributed by atoms with Crippen LogP contribution in [0.25, 0.3) is 0 Å². The van der Waals surface area contributed by atoms with E-state index in [1.54, 1.807) is 23.3 Å². The normalized spacial score (nSPS) is 15.9. The van der Waals surface area contributed by atoms with Gasteiger partial charge in [-0.1, -0.05) is 92.8 Å². The van der Waals surface area contributed by atoms with Crippen LogP contribution in [0.15, 0.2) is 79.4 Å². The van der Waals surface area contributed by atoms with Crippen molar-refractivity contribution in [1.29, 1.82) is 0 Å². The lowest BCUT2D eigenvalue weighted by Gasteiger charge is -2.34. The molecule has 1 fully saturated rings. The molecule has 1 saturated carbocycles. The molecule has 1 heterocycles. The summed E-state index contributed by atoms with van der Waals surface area (Å²) in [7, 11) is 0. The fourth-order valence-electron chi connectivity index (χ4n) is 4.62. The van der Waals surface area contributed by atoms with Gasteiger partial charge in [-0.05, 0) is 23.5 Å². The number of rotatable bonds is 8. The smallest absolute Gasteiger partial charge is 0.249 e. The van der Waals surface area contributed by atoms with E-state index in [4.69, 9.17) is 0 Å². The highest BCUT2D eigenvalue weighted by Gasteiger charge is 2.30. The summed E-state index contributed by atoms with van der Waals surface area (Å²) < 4.78 is 1.66. The third-order valence-electron chi connectivity index (χ3n) is 6.22. The molecule has 4 nitrogen and oxygen atoms in total. The van der Waals surface area contributed by atoms with Crippen molar-refractivity contribution in [1.82, 2.24) is 14.5 Å². The van der Waals surface area contributed by atoms with E-state index in [0.29, 0.717) is 5.92 Å². The van der Waals surface area contributed by atoms with E-state index in [9.17, 15) is 4.79 Å². The molecule has 4 rings (SSSR count). The molecule has 0 radical (unpaired) electrons. The lowest BCUT2D eigenvalue weighted by atomic mass is 9.84. The maximum absolute atomic E-state index is 13.6. The number of aromatic nitrogens is 2. The molecule has 0 N–H and O–H groups in total. The van der Waals surface area contributed by atoms with Gasteiger partial charge in [0.15, 0.2) is 0 Å². The molecule has 0 saturated heterocycles. The minimum absolute atomic E-state index is 0.130. The summed E-state index contributed by atoms with van der Waals surface area (Å²) in [5.74, 6) is 0.746. The van der Waals surface area contributed by atoms with Crippen LogP contribution in [-0.4, -0.2) is 26.4 Å². The van der Waals surface area contributed by atoms with Crippen molar-refractivity contribution < 1.29 is 4.79 Å². The Morgan fingerprint density at radius 1 is 0.933 bits per heavy atom. The second kappa shape index (κ2) is 10.4. The molecule has 0 unspecified atom stereocenters. The van der Waals surface area contributed by atoms with Crippen LogP contribution >= 0.6 is 0 Å². The number of hydrogen-bond acceptors (Lipinski definition) is 3. The van der Waals surface area contributed by atoms with E-state index in [-0.39, 0.29) is 11.9 Å². The van der Waals surface area contributed by atoms with Gasteiger partial charge in [0.1, 0.15) is 6.33 Å². The van der Waals surface area contributed by atoms with Crippen molar-refractivity contribution in [2.24, 2.45) is 5.92 Å². The Morgan fingerprint density at radius 3 is 2.07 bits per heavy atom. The summed E-state index contributed by atoms with van der Waals surface area (Å²) in [6, 6.07) is 20.8. The second-order valence-electron chi connectivity index (χ2n) is 8.44. The van der Waals surface area contributed by atoms with Crippen LogP contribution in [-0.2, 0) is 13.1 Å². The number of nitrogens with zero attached hydrogens (tertiary/aromatic N) is 3. The first kappa shape index (κ1) is 20.5. The first-order chi connectivity index (χ1) is 14.8. The Balaban J connectivity index is 1.63. The molecule has 4 heteroatoms. The lowest BCUT2D eigenvalue weighted by Crippen LogP contribution is -2.44. The molecule has 1 atom stereocenters. The molecule has 0 amide bonds. The Bertz CT molecular complexity index is 845. The molecular formula is C26H31N3O. The van der Waals surface area contributed by atoms with Crippen molar-refractivity contribution in [2.45, 2.75) is 57.7 Å². The average Bonchev–Trinajstić information content (AvgIpc) is 3.34. The van der Waals surface area contributed by atoms with Crippen molar-refractivity contribution in [2.75, 3.05) is 0 Å². The van der Waals surface area contributed by atoms with E-state index >= 15 is 0 Å². The standard InChI is InChI=1S/C26H31N3O/c30-26(28-17-16-27-21-28)25(18-22-10-4-1-5-11-22)29(19-23-12-6-2-7-13-23)20-24-14-8-3-9-15-24/h2-3,6-9,12-17,21-22,25H,1,4-5,10-11,18-20H2/t25-/m1/s1. The van der Waals surface area contributed by atoms with Gasteiger partial charge in [-0.3, -0.25) is 14.3 Å². The number of imidazole rings is 1. The number of carbonyl (C=O) groups is 1. The van der Waals surface area contributed by atoms with E-state index in [2.05, 4.69) is 58.4 Å². The summed E-state index contributed by atoms with van der Waals surface area (Å²) in [4.78, 5) is 20.1. The largest absolute Gasteiger partial charge is 0.283 e. The minimum Gasteiger partial charge on any atom is -0.283 e. The molecule has 0 bridgehead atoms.